The average Bonchev–Trinajstić information content (AvgIpc) is 2.15. The van der Waals surface area contributed by atoms with Crippen LogP contribution in [0.3, 0.4) is 0 Å². The Balaban J connectivity index is 2.84. The van der Waals surface area contributed by atoms with E-state index in [1.165, 1.54) is 6.07 Å². The highest BCUT2D eigenvalue weighted by Gasteiger charge is 2.09. The first-order valence-electron chi connectivity index (χ1n) is 3.80. The number of pyridine rings is 1. The lowest BCUT2D eigenvalue weighted by Crippen LogP contribution is -2.07. The van der Waals surface area contributed by atoms with Crippen molar-refractivity contribution in [2.24, 2.45) is 0 Å². The number of anilines is 1. The minimum Gasteiger partial charge on any atom is -0.395 e. The van der Waals surface area contributed by atoms with E-state index in [1.54, 1.807) is 0 Å². The zero-order valence-corrected chi connectivity index (χ0v) is 7.86. The van der Waals surface area contributed by atoms with Crippen molar-refractivity contribution in [3.63, 3.8) is 0 Å². The second kappa shape index (κ2) is 4.73. The van der Waals surface area contributed by atoms with Gasteiger partial charge in [0.2, 0.25) is 0 Å². The van der Waals surface area contributed by atoms with Crippen LogP contribution in [0.5, 0.6) is 0 Å². The number of hydrogen-bond acceptors (Lipinski definition) is 5. The molecule has 1 aromatic heterocycles. The van der Waals surface area contributed by atoms with E-state index in [0.717, 1.165) is 6.20 Å². The highest BCUT2D eigenvalue weighted by Crippen LogP contribution is 2.23. The zero-order valence-electron chi connectivity index (χ0n) is 7.11. The standard InChI is InChI=1S/C7H8ClN3O3/c8-6-3-5(11(13)14)4-10-7(6)9-1-2-12/h3-4,12H,1-2H2,(H,9,10). The van der Waals surface area contributed by atoms with Crippen LogP contribution in [0.15, 0.2) is 12.3 Å². The number of hydrogen-bond donors (Lipinski definition) is 2. The van der Waals surface area contributed by atoms with Gasteiger partial charge in [0, 0.05) is 12.6 Å². The van der Waals surface area contributed by atoms with E-state index in [0.29, 0.717) is 12.4 Å². The average molecular weight is 218 g/mol. The molecule has 0 saturated heterocycles. The Morgan fingerprint density at radius 1 is 1.71 bits per heavy atom. The first-order chi connectivity index (χ1) is 6.65. The second-order valence-corrected chi connectivity index (χ2v) is 2.84. The van der Waals surface area contributed by atoms with Crippen molar-refractivity contribution in [3.05, 3.63) is 27.4 Å². The molecule has 0 aliphatic carbocycles. The molecule has 0 saturated carbocycles. The van der Waals surface area contributed by atoms with Crippen LogP contribution < -0.4 is 5.32 Å². The molecule has 0 spiro atoms. The van der Waals surface area contributed by atoms with Crippen LogP contribution in [0.1, 0.15) is 0 Å². The Bertz CT molecular complexity index is 345. The Morgan fingerprint density at radius 2 is 2.43 bits per heavy atom. The smallest absolute Gasteiger partial charge is 0.289 e. The highest BCUT2D eigenvalue weighted by atomic mass is 35.5. The van der Waals surface area contributed by atoms with E-state index >= 15 is 0 Å². The van der Waals surface area contributed by atoms with Gasteiger partial charge in [0.1, 0.15) is 12.0 Å². The molecule has 0 fully saturated rings. The van der Waals surface area contributed by atoms with E-state index in [1.807, 2.05) is 0 Å². The van der Waals surface area contributed by atoms with E-state index in [-0.39, 0.29) is 17.3 Å². The fraction of sp³-hybridized carbons (Fsp3) is 0.286. The Kier molecular flexibility index (Phi) is 3.61. The summed E-state index contributed by atoms with van der Waals surface area (Å²) >= 11 is 5.70. The summed E-state index contributed by atoms with van der Waals surface area (Å²) in [7, 11) is 0. The van der Waals surface area contributed by atoms with Gasteiger partial charge < -0.3 is 10.4 Å². The third-order valence-corrected chi connectivity index (χ3v) is 1.73. The summed E-state index contributed by atoms with van der Waals surface area (Å²) in [5.41, 5.74) is -0.162. The molecule has 2 N–H and O–H groups in total. The topological polar surface area (TPSA) is 88.3 Å². The first kappa shape index (κ1) is 10.7. The SMILES string of the molecule is O=[N+]([O-])c1cnc(NCCO)c(Cl)c1. The van der Waals surface area contributed by atoms with Crippen LogP contribution in [0, 0.1) is 10.1 Å². The van der Waals surface area contributed by atoms with Gasteiger partial charge in [-0.3, -0.25) is 10.1 Å². The van der Waals surface area contributed by atoms with Crippen LogP contribution in [0.4, 0.5) is 11.5 Å². The van der Waals surface area contributed by atoms with Gasteiger partial charge in [-0.25, -0.2) is 4.98 Å². The predicted octanol–water partition coefficient (Wildman–Crippen LogP) is 1.05. The number of halogens is 1. The highest BCUT2D eigenvalue weighted by molar-refractivity contribution is 6.33. The molecule has 0 amide bonds. The summed E-state index contributed by atoms with van der Waals surface area (Å²) in [4.78, 5) is 13.5. The van der Waals surface area contributed by atoms with Crippen LogP contribution in [-0.2, 0) is 0 Å². The molecule has 0 aliphatic heterocycles. The maximum absolute atomic E-state index is 10.3. The van der Waals surface area contributed by atoms with Crippen molar-refractivity contribution in [3.8, 4) is 0 Å². The van der Waals surface area contributed by atoms with Gasteiger partial charge in [0.05, 0.1) is 16.6 Å². The van der Waals surface area contributed by atoms with Gasteiger partial charge in [-0.15, -0.1) is 0 Å². The summed E-state index contributed by atoms with van der Waals surface area (Å²) in [6.45, 7) is 0.236. The molecule has 1 rings (SSSR count). The number of nitrogens with zero attached hydrogens (tertiary/aromatic N) is 2. The van der Waals surface area contributed by atoms with Crippen LogP contribution in [0.2, 0.25) is 5.02 Å². The Hall–Kier alpha value is -1.40. The normalized spacial score (nSPS) is 9.86. The number of rotatable bonds is 4. The van der Waals surface area contributed by atoms with Crippen molar-refractivity contribution < 1.29 is 10.0 Å². The lowest BCUT2D eigenvalue weighted by molar-refractivity contribution is -0.385. The summed E-state index contributed by atoms with van der Waals surface area (Å²) in [6.07, 6.45) is 1.10. The molecular formula is C7H8ClN3O3. The van der Waals surface area contributed by atoms with Crippen molar-refractivity contribution in [1.29, 1.82) is 0 Å². The molecule has 14 heavy (non-hydrogen) atoms. The lowest BCUT2D eigenvalue weighted by atomic mass is 10.4. The van der Waals surface area contributed by atoms with E-state index in [4.69, 9.17) is 16.7 Å². The largest absolute Gasteiger partial charge is 0.395 e. The summed E-state index contributed by atoms with van der Waals surface area (Å²) in [5.74, 6) is 0.325. The molecule has 6 nitrogen and oxygen atoms in total. The van der Waals surface area contributed by atoms with Crippen LogP contribution in [0.25, 0.3) is 0 Å². The predicted molar refractivity (Wildman–Crippen MR) is 51.5 cm³/mol. The maximum atomic E-state index is 10.3. The molecule has 76 valence electrons. The molecule has 0 radical (unpaired) electrons. The van der Waals surface area contributed by atoms with Gasteiger partial charge in [0.25, 0.3) is 5.69 Å². The van der Waals surface area contributed by atoms with Crippen molar-refractivity contribution in [2.75, 3.05) is 18.5 Å². The Morgan fingerprint density at radius 3 is 2.93 bits per heavy atom. The zero-order chi connectivity index (χ0) is 10.6. The van der Waals surface area contributed by atoms with Gasteiger partial charge >= 0.3 is 0 Å². The molecule has 0 bridgehead atoms. The van der Waals surface area contributed by atoms with Crippen LogP contribution in [-0.4, -0.2) is 28.2 Å². The van der Waals surface area contributed by atoms with Crippen LogP contribution >= 0.6 is 11.6 Å². The van der Waals surface area contributed by atoms with Crippen molar-refractivity contribution in [1.82, 2.24) is 4.98 Å². The maximum Gasteiger partial charge on any atom is 0.289 e. The number of aromatic nitrogens is 1. The molecule has 0 aliphatic rings. The summed E-state index contributed by atoms with van der Waals surface area (Å²) < 4.78 is 0. The number of nitrogens with one attached hydrogen (secondary N) is 1. The number of aliphatic hydroxyl groups is 1. The summed E-state index contributed by atoms with van der Waals surface area (Å²) in [6, 6.07) is 1.20. The fourth-order valence-electron chi connectivity index (χ4n) is 0.832. The Labute approximate surface area is 84.7 Å². The summed E-state index contributed by atoms with van der Waals surface area (Å²) in [5, 5.41) is 21.7. The molecule has 7 heteroatoms. The molecule has 1 aromatic rings. The monoisotopic (exact) mass is 217 g/mol. The second-order valence-electron chi connectivity index (χ2n) is 2.43. The van der Waals surface area contributed by atoms with Crippen molar-refractivity contribution in [2.45, 2.75) is 0 Å². The first-order valence-corrected chi connectivity index (χ1v) is 4.17. The van der Waals surface area contributed by atoms with E-state index < -0.39 is 4.92 Å². The van der Waals surface area contributed by atoms with E-state index in [2.05, 4.69) is 10.3 Å². The number of aliphatic hydroxyl groups excluding tert-OH is 1. The van der Waals surface area contributed by atoms with Gasteiger partial charge in [0.15, 0.2) is 0 Å². The van der Waals surface area contributed by atoms with Gasteiger partial charge in [-0.05, 0) is 0 Å². The van der Waals surface area contributed by atoms with Gasteiger partial charge in [-0.2, -0.15) is 0 Å². The third-order valence-electron chi connectivity index (χ3n) is 1.44. The number of nitro groups is 1. The van der Waals surface area contributed by atoms with Gasteiger partial charge in [-0.1, -0.05) is 11.6 Å². The fourth-order valence-corrected chi connectivity index (χ4v) is 1.06. The minimum absolute atomic E-state index is 0.0605. The van der Waals surface area contributed by atoms with E-state index in [9.17, 15) is 10.1 Å². The van der Waals surface area contributed by atoms with Crippen molar-refractivity contribution >= 4 is 23.1 Å². The molecule has 0 atom stereocenters. The minimum atomic E-state index is -0.575. The molecular weight excluding hydrogens is 210 g/mol. The quantitative estimate of drug-likeness (QED) is 0.581. The molecule has 1 heterocycles. The third kappa shape index (κ3) is 2.54. The molecule has 0 unspecified atom stereocenters. The lowest BCUT2D eigenvalue weighted by Gasteiger charge is -2.04. The molecule has 0 aromatic carbocycles.